The smallest absolute Gasteiger partial charge is 0.335 e. The lowest BCUT2D eigenvalue weighted by Crippen LogP contribution is -2.37. The van der Waals surface area contributed by atoms with Gasteiger partial charge in [0, 0.05) is 25.3 Å². The van der Waals surface area contributed by atoms with Crippen LogP contribution in [0.5, 0.6) is 5.75 Å². The molecule has 2 heterocycles. The van der Waals surface area contributed by atoms with E-state index in [1.54, 1.807) is 25.3 Å². The Bertz CT molecular complexity index is 1010. The largest absolute Gasteiger partial charge is 0.496 e. The van der Waals surface area contributed by atoms with E-state index in [1.807, 2.05) is 17.0 Å². The molecule has 6 nitrogen and oxygen atoms in total. The molecule has 3 fully saturated rings. The zero-order valence-electron chi connectivity index (χ0n) is 17.7. The van der Waals surface area contributed by atoms with E-state index in [4.69, 9.17) is 9.47 Å². The Hall–Kier alpha value is -2.86. The van der Waals surface area contributed by atoms with Crippen LogP contribution >= 0.6 is 0 Å². The number of likely N-dealkylation sites (tertiary alicyclic amines) is 1. The van der Waals surface area contributed by atoms with Crippen molar-refractivity contribution >= 4 is 11.9 Å². The maximum Gasteiger partial charge on any atom is 0.335 e. The first kappa shape index (κ1) is 20.1. The lowest BCUT2D eigenvalue weighted by Gasteiger charge is -2.20. The summed E-state index contributed by atoms with van der Waals surface area (Å²) in [6.07, 6.45) is 3.75. The quantitative estimate of drug-likeness (QED) is 0.791. The van der Waals surface area contributed by atoms with Gasteiger partial charge in [0.15, 0.2) is 0 Å². The molecule has 2 aromatic rings. The Kier molecular flexibility index (Phi) is 4.97. The van der Waals surface area contributed by atoms with Gasteiger partial charge in [-0.3, -0.25) is 4.79 Å². The van der Waals surface area contributed by atoms with Gasteiger partial charge in [-0.05, 0) is 66.3 Å². The normalized spacial score (nSPS) is 26.9. The zero-order chi connectivity index (χ0) is 21.6. The highest BCUT2D eigenvalue weighted by molar-refractivity contribution is 5.90. The highest BCUT2D eigenvalue weighted by Gasteiger charge is 2.58. The van der Waals surface area contributed by atoms with Gasteiger partial charge in [0.25, 0.3) is 5.91 Å². The van der Waals surface area contributed by atoms with Crippen molar-refractivity contribution in [2.75, 3.05) is 26.8 Å². The van der Waals surface area contributed by atoms with Crippen molar-refractivity contribution in [1.29, 1.82) is 0 Å². The fourth-order valence-electron chi connectivity index (χ4n) is 5.29. The third-order valence-corrected chi connectivity index (χ3v) is 7.16. The third kappa shape index (κ3) is 3.59. The fraction of sp³-hybridized carbons (Fsp3) is 0.440. The van der Waals surface area contributed by atoms with Crippen LogP contribution in [0, 0.1) is 5.41 Å². The Morgan fingerprint density at radius 3 is 2.68 bits per heavy atom. The molecule has 5 rings (SSSR count). The Balaban J connectivity index is 1.30. The molecule has 0 radical (unpaired) electrons. The van der Waals surface area contributed by atoms with Crippen LogP contribution in [-0.4, -0.2) is 54.8 Å². The van der Waals surface area contributed by atoms with Crippen LogP contribution in [0.2, 0.25) is 0 Å². The standard InChI is InChI=1S/C25H27NO5/c1-30-21-9-8-18(24(28)29)13-19(21)16-4-6-17(7-5-16)20-14-25(20)10-11-26(15-25)23(27)22-3-2-12-31-22/h4-9,13,20,22H,2-3,10-12,14-15H2,1H3,(H,28,29)/t20-,22+,25-/m0/s1. The number of hydrogen-bond acceptors (Lipinski definition) is 4. The second-order valence-electron chi connectivity index (χ2n) is 8.97. The summed E-state index contributed by atoms with van der Waals surface area (Å²) in [7, 11) is 1.59. The van der Waals surface area contributed by atoms with E-state index >= 15 is 0 Å². The first-order chi connectivity index (χ1) is 15.0. The van der Waals surface area contributed by atoms with Crippen molar-refractivity contribution in [3.8, 4) is 16.9 Å². The van der Waals surface area contributed by atoms with Crippen molar-refractivity contribution in [3.63, 3.8) is 0 Å². The van der Waals surface area contributed by atoms with Gasteiger partial charge < -0.3 is 19.5 Å². The molecule has 0 unspecified atom stereocenters. The number of aromatic carboxylic acids is 1. The molecule has 1 aliphatic carbocycles. The van der Waals surface area contributed by atoms with Crippen LogP contribution < -0.4 is 4.74 Å². The van der Waals surface area contributed by atoms with Crippen molar-refractivity contribution in [2.24, 2.45) is 5.41 Å². The number of carbonyl (C=O) groups is 2. The molecule has 0 aromatic heterocycles. The number of methoxy groups -OCH3 is 1. The van der Waals surface area contributed by atoms with Gasteiger partial charge >= 0.3 is 5.97 Å². The molecular formula is C25H27NO5. The average molecular weight is 421 g/mol. The fourth-order valence-corrected chi connectivity index (χ4v) is 5.29. The second-order valence-corrected chi connectivity index (χ2v) is 8.97. The third-order valence-electron chi connectivity index (χ3n) is 7.16. The minimum atomic E-state index is -0.955. The van der Waals surface area contributed by atoms with Crippen LogP contribution in [0.3, 0.4) is 0 Å². The summed E-state index contributed by atoms with van der Waals surface area (Å²) in [4.78, 5) is 26.1. The van der Waals surface area contributed by atoms with E-state index in [1.165, 1.54) is 5.56 Å². The van der Waals surface area contributed by atoms with Crippen LogP contribution in [0.15, 0.2) is 42.5 Å². The molecule has 1 amide bonds. The van der Waals surface area contributed by atoms with Gasteiger partial charge in [-0.2, -0.15) is 0 Å². The van der Waals surface area contributed by atoms with Crippen molar-refractivity contribution in [1.82, 2.24) is 4.90 Å². The molecule has 1 spiro atoms. The van der Waals surface area contributed by atoms with Gasteiger partial charge in [0.1, 0.15) is 11.9 Å². The van der Waals surface area contributed by atoms with Crippen LogP contribution in [-0.2, 0) is 9.53 Å². The maximum atomic E-state index is 12.7. The summed E-state index contributed by atoms with van der Waals surface area (Å²) in [5.41, 5.74) is 3.43. The van der Waals surface area contributed by atoms with E-state index in [0.29, 0.717) is 18.3 Å². The molecule has 2 saturated heterocycles. The average Bonchev–Trinajstić information content (AvgIpc) is 3.14. The molecule has 1 saturated carbocycles. The number of nitrogens with zero attached hydrogens (tertiary/aromatic N) is 1. The molecular weight excluding hydrogens is 394 g/mol. The van der Waals surface area contributed by atoms with Gasteiger partial charge in [0.2, 0.25) is 0 Å². The number of hydrogen-bond donors (Lipinski definition) is 1. The molecule has 162 valence electrons. The molecule has 3 aliphatic rings. The van der Waals surface area contributed by atoms with Crippen molar-refractivity contribution in [3.05, 3.63) is 53.6 Å². The first-order valence-electron chi connectivity index (χ1n) is 10.9. The molecule has 0 bridgehead atoms. The number of amides is 1. The molecule has 2 aliphatic heterocycles. The SMILES string of the molecule is COc1ccc(C(=O)O)cc1-c1ccc([C@@H]2C[C@]23CCN(C(=O)[C@H]2CCCO2)C3)cc1. The number of benzene rings is 2. The predicted molar refractivity (Wildman–Crippen MR) is 115 cm³/mol. The Labute approximate surface area is 181 Å². The molecule has 1 N–H and O–H groups in total. The number of carboxylic acid groups (broad SMARTS) is 1. The lowest BCUT2D eigenvalue weighted by atomic mass is 9.95. The minimum Gasteiger partial charge on any atom is -0.496 e. The van der Waals surface area contributed by atoms with E-state index in [2.05, 4.69) is 12.1 Å². The number of carboxylic acids is 1. The highest BCUT2D eigenvalue weighted by atomic mass is 16.5. The molecule has 2 aromatic carbocycles. The van der Waals surface area contributed by atoms with Gasteiger partial charge in [0.05, 0.1) is 12.7 Å². The summed E-state index contributed by atoms with van der Waals surface area (Å²) in [6, 6.07) is 13.2. The van der Waals surface area contributed by atoms with E-state index in [0.717, 1.165) is 49.9 Å². The predicted octanol–water partition coefficient (Wildman–Crippen LogP) is 3.95. The van der Waals surface area contributed by atoms with Crippen LogP contribution in [0.1, 0.15) is 47.5 Å². The van der Waals surface area contributed by atoms with Crippen molar-refractivity contribution < 1.29 is 24.2 Å². The Morgan fingerprint density at radius 1 is 1.19 bits per heavy atom. The highest BCUT2D eigenvalue weighted by Crippen LogP contribution is 2.64. The van der Waals surface area contributed by atoms with E-state index < -0.39 is 5.97 Å². The summed E-state index contributed by atoms with van der Waals surface area (Å²) < 4.78 is 11.0. The molecule has 3 atom stereocenters. The summed E-state index contributed by atoms with van der Waals surface area (Å²) in [5, 5.41) is 9.32. The molecule has 31 heavy (non-hydrogen) atoms. The maximum absolute atomic E-state index is 12.7. The van der Waals surface area contributed by atoms with Gasteiger partial charge in [-0.25, -0.2) is 4.79 Å². The molecule has 6 heteroatoms. The van der Waals surface area contributed by atoms with Gasteiger partial charge in [-0.1, -0.05) is 24.3 Å². The minimum absolute atomic E-state index is 0.167. The summed E-state index contributed by atoms with van der Waals surface area (Å²) in [6.45, 7) is 2.35. The number of ether oxygens (including phenoxy) is 2. The van der Waals surface area contributed by atoms with Crippen molar-refractivity contribution in [2.45, 2.75) is 37.7 Å². The second kappa shape index (κ2) is 7.68. The number of carbonyl (C=O) groups excluding carboxylic acids is 1. The van der Waals surface area contributed by atoms with Gasteiger partial charge in [-0.15, -0.1) is 0 Å². The van der Waals surface area contributed by atoms with E-state index in [9.17, 15) is 14.7 Å². The zero-order valence-corrected chi connectivity index (χ0v) is 17.7. The number of rotatable bonds is 5. The van der Waals surface area contributed by atoms with Crippen LogP contribution in [0.25, 0.3) is 11.1 Å². The topological polar surface area (TPSA) is 76.1 Å². The monoisotopic (exact) mass is 421 g/mol. The summed E-state index contributed by atoms with van der Waals surface area (Å²) in [5.74, 6) is 0.334. The summed E-state index contributed by atoms with van der Waals surface area (Å²) >= 11 is 0. The van der Waals surface area contributed by atoms with Crippen LogP contribution in [0.4, 0.5) is 0 Å². The lowest BCUT2D eigenvalue weighted by molar-refractivity contribution is -0.140. The first-order valence-corrected chi connectivity index (χ1v) is 10.9. The van der Waals surface area contributed by atoms with E-state index in [-0.39, 0.29) is 23.0 Å². The Morgan fingerprint density at radius 2 is 2.00 bits per heavy atom.